The molecule has 82 valence electrons. The molecule has 0 atom stereocenters. The predicted molar refractivity (Wildman–Crippen MR) is 70.7 cm³/mol. The lowest BCUT2D eigenvalue weighted by Crippen LogP contribution is -1.80. The van der Waals surface area contributed by atoms with Crippen LogP contribution in [-0.4, -0.2) is 16.7 Å². The number of rotatable bonds is 2. The number of aromatic amines is 1. The maximum atomic E-state index is 4.55. The largest absolute Gasteiger partial charge is 0.338 e. The van der Waals surface area contributed by atoms with E-state index in [2.05, 4.69) is 21.7 Å². The van der Waals surface area contributed by atoms with Crippen LogP contribution in [-0.2, 0) is 0 Å². The molecule has 1 aromatic heterocycles. The van der Waals surface area contributed by atoms with Crippen LogP contribution in [0.5, 0.6) is 0 Å². The van der Waals surface area contributed by atoms with Crippen molar-refractivity contribution in [3.63, 3.8) is 0 Å². The quantitative estimate of drug-likeness (QED) is 0.660. The summed E-state index contributed by atoms with van der Waals surface area (Å²) in [6, 6.07) is 15.8. The number of aromatic nitrogens is 2. The van der Waals surface area contributed by atoms with Crippen molar-refractivity contribution >= 4 is 23.4 Å². The zero-order chi connectivity index (χ0) is 11.7. The van der Waals surface area contributed by atoms with E-state index in [0.29, 0.717) is 0 Å². The van der Waals surface area contributed by atoms with Crippen LogP contribution in [0, 0.1) is 0 Å². The Kier molecular flexibility index (Phi) is 2.22. The number of nitrogens with zero attached hydrogens (tertiary/aromatic N) is 2. The van der Waals surface area contributed by atoms with E-state index < -0.39 is 0 Å². The van der Waals surface area contributed by atoms with E-state index in [4.69, 9.17) is 0 Å². The molecule has 3 nitrogen and oxygen atoms in total. The Morgan fingerprint density at radius 2 is 1.76 bits per heavy atom. The van der Waals surface area contributed by atoms with Gasteiger partial charge in [-0.1, -0.05) is 24.3 Å². The molecule has 0 spiro atoms. The summed E-state index contributed by atoms with van der Waals surface area (Å²) >= 11 is 0. The highest BCUT2D eigenvalue weighted by Gasteiger charge is 2.07. The second-order valence-corrected chi connectivity index (χ2v) is 3.78. The van der Waals surface area contributed by atoms with E-state index in [-0.39, 0.29) is 0 Å². The monoisotopic (exact) mass is 221 g/mol. The average molecular weight is 221 g/mol. The smallest absolute Gasteiger partial charge is 0.140 e. The van der Waals surface area contributed by atoms with Crippen LogP contribution in [0.1, 0.15) is 0 Å². The van der Waals surface area contributed by atoms with Gasteiger partial charge in [0, 0.05) is 5.56 Å². The lowest BCUT2D eigenvalue weighted by Gasteiger charge is -2.00. The van der Waals surface area contributed by atoms with Crippen molar-refractivity contribution in [2.24, 2.45) is 4.99 Å². The molecule has 0 saturated heterocycles. The van der Waals surface area contributed by atoms with Crippen molar-refractivity contribution in [2.75, 3.05) is 0 Å². The number of H-pyrrole nitrogens is 1. The third-order valence-electron chi connectivity index (χ3n) is 2.72. The second kappa shape index (κ2) is 3.87. The van der Waals surface area contributed by atoms with Crippen molar-refractivity contribution in [2.45, 2.75) is 0 Å². The molecule has 0 aliphatic rings. The fourth-order valence-corrected chi connectivity index (χ4v) is 1.89. The fourth-order valence-electron chi connectivity index (χ4n) is 1.89. The third kappa shape index (κ3) is 1.61. The van der Waals surface area contributed by atoms with Gasteiger partial charge in [0.15, 0.2) is 0 Å². The molecule has 2 aromatic carbocycles. The summed E-state index contributed by atoms with van der Waals surface area (Å²) in [5.41, 5.74) is 3.80. The number of fused-ring (bicyclic) bond motifs is 1. The van der Waals surface area contributed by atoms with Crippen LogP contribution in [0.2, 0.25) is 0 Å². The van der Waals surface area contributed by atoms with Crippen LogP contribution >= 0.6 is 0 Å². The number of benzene rings is 2. The summed E-state index contributed by atoms with van der Waals surface area (Å²) < 4.78 is 0. The fraction of sp³-hybridized carbons (Fsp3) is 0. The first kappa shape index (κ1) is 9.78. The molecule has 0 aliphatic heterocycles. The number of hydrogen-bond acceptors (Lipinski definition) is 2. The number of nitrogens with one attached hydrogen (secondary N) is 1. The molecule has 0 saturated carbocycles. The second-order valence-electron chi connectivity index (χ2n) is 3.78. The summed E-state index contributed by atoms with van der Waals surface area (Å²) in [6.07, 6.45) is 0. The number of imidazole rings is 1. The van der Waals surface area contributed by atoms with Crippen molar-refractivity contribution in [3.05, 3.63) is 48.5 Å². The molecular weight excluding hydrogens is 210 g/mol. The van der Waals surface area contributed by atoms with Gasteiger partial charge in [-0.05, 0) is 31.0 Å². The summed E-state index contributed by atoms with van der Waals surface area (Å²) in [5, 5.41) is 0. The van der Waals surface area contributed by atoms with Gasteiger partial charge in [0.05, 0.1) is 16.7 Å². The number of para-hydroxylation sites is 3. The molecule has 0 bridgehead atoms. The van der Waals surface area contributed by atoms with Crippen LogP contribution in [0.3, 0.4) is 0 Å². The molecular formula is C14H11N3. The van der Waals surface area contributed by atoms with Gasteiger partial charge in [-0.25, -0.2) is 4.98 Å². The highest BCUT2D eigenvalue weighted by Crippen LogP contribution is 2.28. The molecule has 3 heteroatoms. The molecule has 1 heterocycles. The Morgan fingerprint density at radius 1 is 1.00 bits per heavy atom. The van der Waals surface area contributed by atoms with Gasteiger partial charge in [0.25, 0.3) is 0 Å². The van der Waals surface area contributed by atoms with E-state index in [1.807, 2.05) is 48.5 Å². The SMILES string of the molecule is C=Nc1ccccc1-c1nc2ccccc2[nH]1. The first-order valence-electron chi connectivity index (χ1n) is 5.39. The number of hydrogen-bond donors (Lipinski definition) is 1. The van der Waals surface area contributed by atoms with Crippen molar-refractivity contribution < 1.29 is 0 Å². The standard InChI is InChI=1S/C14H11N3/c1-15-11-7-3-2-6-10(11)14-16-12-8-4-5-9-13(12)17-14/h2-9H,1H2,(H,16,17). The minimum atomic E-state index is 0.828. The first-order chi connectivity index (χ1) is 8.38. The maximum Gasteiger partial charge on any atom is 0.140 e. The predicted octanol–water partition coefficient (Wildman–Crippen LogP) is 3.56. The minimum Gasteiger partial charge on any atom is -0.338 e. The van der Waals surface area contributed by atoms with Crippen LogP contribution < -0.4 is 0 Å². The first-order valence-corrected chi connectivity index (χ1v) is 5.39. The zero-order valence-electron chi connectivity index (χ0n) is 9.22. The topological polar surface area (TPSA) is 41.0 Å². The van der Waals surface area contributed by atoms with E-state index in [1.54, 1.807) is 0 Å². The van der Waals surface area contributed by atoms with Crippen molar-refractivity contribution in [3.8, 4) is 11.4 Å². The zero-order valence-corrected chi connectivity index (χ0v) is 9.22. The van der Waals surface area contributed by atoms with E-state index in [9.17, 15) is 0 Å². The lowest BCUT2D eigenvalue weighted by atomic mass is 10.2. The van der Waals surface area contributed by atoms with Gasteiger partial charge in [0.1, 0.15) is 5.82 Å². The van der Waals surface area contributed by atoms with Gasteiger partial charge in [-0.3, -0.25) is 4.99 Å². The molecule has 1 N–H and O–H groups in total. The Hall–Kier alpha value is -2.42. The Morgan fingerprint density at radius 3 is 2.59 bits per heavy atom. The molecule has 0 amide bonds. The Balaban J connectivity index is 2.23. The number of aliphatic imine (C=N–C) groups is 1. The van der Waals surface area contributed by atoms with Crippen molar-refractivity contribution in [1.82, 2.24) is 9.97 Å². The average Bonchev–Trinajstić information content (AvgIpc) is 2.82. The normalized spacial score (nSPS) is 10.6. The van der Waals surface area contributed by atoms with E-state index >= 15 is 0 Å². The van der Waals surface area contributed by atoms with Gasteiger partial charge < -0.3 is 4.98 Å². The Bertz CT molecular complexity index is 650. The highest BCUT2D eigenvalue weighted by molar-refractivity contribution is 5.82. The van der Waals surface area contributed by atoms with E-state index in [1.165, 1.54) is 0 Å². The minimum absolute atomic E-state index is 0.828. The summed E-state index contributed by atoms with van der Waals surface area (Å²) in [5.74, 6) is 0.828. The van der Waals surface area contributed by atoms with Crippen LogP contribution in [0.4, 0.5) is 5.69 Å². The molecule has 0 unspecified atom stereocenters. The van der Waals surface area contributed by atoms with Gasteiger partial charge in [-0.2, -0.15) is 0 Å². The van der Waals surface area contributed by atoms with Gasteiger partial charge >= 0.3 is 0 Å². The Labute approximate surface area is 98.9 Å². The van der Waals surface area contributed by atoms with Crippen molar-refractivity contribution in [1.29, 1.82) is 0 Å². The molecule has 0 radical (unpaired) electrons. The highest BCUT2D eigenvalue weighted by atomic mass is 14.9. The van der Waals surface area contributed by atoms with E-state index in [0.717, 1.165) is 28.1 Å². The summed E-state index contributed by atoms with van der Waals surface area (Å²) in [7, 11) is 0. The molecule has 3 rings (SSSR count). The van der Waals surface area contributed by atoms with Crippen LogP contribution in [0.15, 0.2) is 53.5 Å². The molecule has 0 fully saturated rings. The van der Waals surface area contributed by atoms with Gasteiger partial charge in [-0.15, -0.1) is 0 Å². The maximum absolute atomic E-state index is 4.55. The summed E-state index contributed by atoms with van der Waals surface area (Å²) in [4.78, 5) is 11.8. The third-order valence-corrected chi connectivity index (χ3v) is 2.72. The van der Waals surface area contributed by atoms with Crippen LogP contribution in [0.25, 0.3) is 22.4 Å². The molecule has 17 heavy (non-hydrogen) atoms. The molecule has 3 aromatic rings. The lowest BCUT2D eigenvalue weighted by molar-refractivity contribution is 1.33. The van der Waals surface area contributed by atoms with Gasteiger partial charge in [0.2, 0.25) is 0 Å². The molecule has 0 aliphatic carbocycles. The summed E-state index contributed by atoms with van der Waals surface area (Å²) in [6.45, 7) is 3.58.